The van der Waals surface area contributed by atoms with Crippen molar-refractivity contribution < 1.29 is 24.5 Å². The lowest BCUT2D eigenvalue weighted by molar-refractivity contribution is -0.157. The average molecular weight is 174 g/mol. The lowest BCUT2D eigenvalue weighted by Gasteiger charge is -2.05. The third-order valence-corrected chi connectivity index (χ3v) is 0.983. The lowest BCUT2D eigenvalue weighted by atomic mass is 10.2. The van der Waals surface area contributed by atoms with Crippen molar-refractivity contribution >= 4 is 11.9 Å². The Balaban J connectivity index is 3.76. The van der Waals surface area contributed by atoms with Crippen LogP contribution in [0.2, 0.25) is 0 Å². The summed E-state index contributed by atoms with van der Waals surface area (Å²) in [6.07, 6.45) is -0.913. The number of carbonyl (C=O) groups is 2. The number of aliphatic carboxylic acids is 1. The van der Waals surface area contributed by atoms with Crippen LogP contribution in [0.25, 0.3) is 0 Å². The van der Waals surface area contributed by atoms with Gasteiger partial charge in [0.15, 0.2) is 6.10 Å². The molecule has 0 saturated carbocycles. The molecule has 0 rings (SSSR count). The standard InChI is InChI=1S/C7H10O5/c1-2-3-12-7(11)5(8)4-6(9)10/h2,5,8H,1,3-4H2,(H,9,10)/t5-/m0/s1. The van der Waals surface area contributed by atoms with Crippen LogP contribution in [0.4, 0.5) is 0 Å². The molecule has 68 valence electrons. The fraction of sp³-hybridized carbons (Fsp3) is 0.429. The highest BCUT2D eigenvalue weighted by molar-refractivity contribution is 5.80. The monoisotopic (exact) mass is 174 g/mol. The molecule has 0 aliphatic heterocycles. The number of aliphatic hydroxyl groups excluding tert-OH is 1. The van der Waals surface area contributed by atoms with Gasteiger partial charge >= 0.3 is 11.9 Å². The topological polar surface area (TPSA) is 83.8 Å². The van der Waals surface area contributed by atoms with Crippen LogP contribution in [-0.4, -0.2) is 34.9 Å². The van der Waals surface area contributed by atoms with E-state index < -0.39 is 24.5 Å². The van der Waals surface area contributed by atoms with Gasteiger partial charge in [0.1, 0.15) is 6.61 Å². The third kappa shape index (κ3) is 4.45. The van der Waals surface area contributed by atoms with Crippen molar-refractivity contribution in [1.82, 2.24) is 0 Å². The van der Waals surface area contributed by atoms with Gasteiger partial charge in [0.2, 0.25) is 0 Å². The van der Waals surface area contributed by atoms with Crippen molar-refractivity contribution in [2.24, 2.45) is 0 Å². The second-order valence-corrected chi connectivity index (χ2v) is 2.03. The highest BCUT2D eigenvalue weighted by Crippen LogP contribution is 1.94. The van der Waals surface area contributed by atoms with Crippen LogP contribution in [0.1, 0.15) is 6.42 Å². The minimum Gasteiger partial charge on any atom is -0.481 e. The summed E-state index contributed by atoms with van der Waals surface area (Å²) < 4.78 is 4.38. The summed E-state index contributed by atoms with van der Waals surface area (Å²) in [6, 6.07) is 0. The normalized spacial score (nSPS) is 11.8. The summed E-state index contributed by atoms with van der Waals surface area (Å²) >= 11 is 0. The molecule has 0 unspecified atom stereocenters. The Morgan fingerprint density at radius 2 is 2.17 bits per heavy atom. The first-order valence-corrected chi connectivity index (χ1v) is 3.25. The maximum absolute atomic E-state index is 10.7. The second-order valence-electron chi connectivity index (χ2n) is 2.03. The minimum atomic E-state index is -1.59. The fourth-order valence-corrected chi connectivity index (χ4v) is 0.486. The minimum absolute atomic E-state index is 0.0322. The molecule has 0 aliphatic rings. The molecule has 5 nitrogen and oxygen atoms in total. The lowest BCUT2D eigenvalue weighted by Crippen LogP contribution is -2.25. The molecular formula is C7H10O5. The summed E-state index contributed by atoms with van der Waals surface area (Å²) in [5, 5.41) is 17.0. The van der Waals surface area contributed by atoms with Gasteiger partial charge in [0, 0.05) is 0 Å². The number of hydrogen-bond donors (Lipinski definition) is 2. The molecule has 0 aliphatic carbocycles. The number of carbonyl (C=O) groups excluding carboxylic acids is 1. The van der Waals surface area contributed by atoms with Gasteiger partial charge in [0.05, 0.1) is 6.42 Å². The number of carboxylic acid groups (broad SMARTS) is 1. The summed E-state index contributed by atoms with van der Waals surface area (Å²) in [5.74, 6) is -2.20. The van der Waals surface area contributed by atoms with E-state index in [1.54, 1.807) is 0 Å². The largest absolute Gasteiger partial charge is 0.481 e. The molecular weight excluding hydrogens is 164 g/mol. The first-order valence-electron chi connectivity index (χ1n) is 3.25. The molecule has 0 fully saturated rings. The Bertz CT molecular complexity index is 186. The highest BCUT2D eigenvalue weighted by Gasteiger charge is 2.19. The van der Waals surface area contributed by atoms with Gasteiger partial charge < -0.3 is 14.9 Å². The summed E-state index contributed by atoms with van der Waals surface area (Å²) in [5.41, 5.74) is 0. The van der Waals surface area contributed by atoms with Gasteiger partial charge in [-0.25, -0.2) is 4.79 Å². The number of aliphatic hydroxyl groups is 1. The van der Waals surface area contributed by atoms with E-state index in [-0.39, 0.29) is 6.61 Å². The van der Waals surface area contributed by atoms with Gasteiger partial charge in [-0.15, -0.1) is 0 Å². The van der Waals surface area contributed by atoms with Crippen LogP contribution >= 0.6 is 0 Å². The van der Waals surface area contributed by atoms with Crippen molar-refractivity contribution in [1.29, 1.82) is 0 Å². The molecule has 0 aromatic heterocycles. The Labute approximate surface area is 69.3 Å². The second kappa shape index (κ2) is 5.31. The molecule has 0 heterocycles. The zero-order valence-corrected chi connectivity index (χ0v) is 6.40. The van der Waals surface area contributed by atoms with E-state index in [9.17, 15) is 9.59 Å². The van der Waals surface area contributed by atoms with Crippen LogP contribution < -0.4 is 0 Å². The predicted molar refractivity (Wildman–Crippen MR) is 39.4 cm³/mol. The smallest absolute Gasteiger partial charge is 0.335 e. The quantitative estimate of drug-likeness (QED) is 0.435. The number of hydrogen-bond acceptors (Lipinski definition) is 4. The molecule has 0 spiro atoms. The van der Waals surface area contributed by atoms with E-state index in [1.807, 2.05) is 0 Å². The number of carboxylic acids is 1. The van der Waals surface area contributed by atoms with E-state index in [0.717, 1.165) is 0 Å². The van der Waals surface area contributed by atoms with Gasteiger partial charge in [-0.2, -0.15) is 0 Å². The Kier molecular flexibility index (Phi) is 4.71. The molecule has 1 atom stereocenters. The average Bonchev–Trinajstić information content (AvgIpc) is 1.98. The summed E-state index contributed by atoms with van der Waals surface area (Å²) in [6.45, 7) is 3.25. The van der Waals surface area contributed by atoms with E-state index in [2.05, 4.69) is 11.3 Å². The van der Waals surface area contributed by atoms with E-state index in [4.69, 9.17) is 10.2 Å². The van der Waals surface area contributed by atoms with E-state index in [0.29, 0.717) is 0 Å². The zero-order chi connectivity index (χ0) is 9.56. The third-order valence-electron chi connectivity index (χ3n) is 0.983. The Morgan fingerprint density at radius 3 is 2.58 bits per heavy atom. The Hall–Kier alpha value is -1.36. The fourth-order valence-electron chi connectivity index (χ4n) is 0.486. The number of ether oxygens (including phenoxy) is 1. The van der Waals surface area contributed by atoms with Crippen LogP contribution in [0.5, 0.6) is 0 Å². The first-order chi connectivity index (χ1) is 5.57. The van der Waals surface area contributed by atoms with Crippen LogP contribution in [-0.2, 0) is 14.3 Å². The van der Waals surface area contributed by atoms with Crippen molar-refractivity contribution in [3.8, 4) is 0 Å². The molecule has 12 heavy (non-hydrogen) atoms. The summed E-state index contributed by atoms with van der Waals surface area (Å²) in [4.78, 5) is 20.7. The van der Waals surface area contributed by atoms with Crippen molar-refractivity contribution in [3.63, 3.8) is 0 Å². The van der Waals surface area contributed by atoms with Crippen molar-refractivity contribution in [2.45, 2.75) is 12.5 Å². The molecule has 0 radical (unpaired) electrons. The molecule has 0 saturated heterocycles. The zero-order valence-electron chi connectivity index (χ0n) is 6.40. The predicted octanol–water partition coefficient (Wildman–Crippen LogP) is -0.449. The van der Waals surface area contributed by atoms with Gasteiger partial charge in [0.25, 0.3) is 0 Å². The Morgan fingerprint density at radius 1 is 1.58 bits per heavy atom. The molecule has 0 aromatic carbocycles. The van der Waals surface area contributed by atoms with E-state index >= 15 is 0 Å². The van der Waals surface area contributed by atoms with E-state index in [1.165, 1.54) is 6.08 Å². The first kappa shape index (κ1) is 10.6. The van der Waals surface area contributed by atoms with Gasteiger partial charge in [-0.3, -0.25) is 4.79 Å². The van der Waals surface area contributed by atoms with Gasteiger partial charge in [-0.05, 0) is 0 Å². The van der Waals surface area contributed by atoms with Crippen LogP contribution in [0.3, 0.4) is 0 Å². The molecule has 2 N–H and O–H groups in total. The molecule has 0 bridgehead atoms. The molecule has 5 heteroatoms. The van der Waals surface area contributed by atoms with Crippen molar-refractivity contribution in [2.75, 3.05) is 6.61 Å². The molecule has 0 amide bonds. The maximum atomic E-state index is 10.7. The van der Waals surface area contributed by atoms with Crippen LogP contribution in [0.15, 0.2) is 12.7 Å². The summed E-state index contributed by atoms with van der Waals surface area (Å²) in [7, 11) is 0. The highest BCUT2D eigenvalue weighted by atomic mass is 16.5. The van der Waals surface area contributed by atoms with Crippen molar-refractivity contribution in [3.05, 3.63) is 12.7 Å². The molecule has 0 aromatic rings. The number of rotatable bonds is 5. The maximum Gasteiger partial charge on any atom is 0.335 e. The SMILES string of the molecule is C=CCOC(=O)[C@@H](O)CC(=O)O. The van der Waals surface area contributed by atoms with Gasteiger partial charge in [-0.1, -0.05) is 12.7 Å². The van der Waals surface area contributed by atoms with Crippen LogP contribution in [0, 0.1) is 0 Å². The number of esters is 1.